The topological polar surface area (TPSA) is 78.3 Å². The molecule has 0 aliphatic carbocycles. The highest BCUT2D eigenvalue weighted by molar-refractivity contribution is 7.99. The van der Waals surface area contributed by atoms with Crippen LogP contribution in [0.15, 0.2) is 35.5 Å². The van der Waals surface area contributed by atoms with E-state index in [0.717, 1.165) is 5.56 Å². The Labute approximate surface area is 205 Å². The summed E-state index contributed by atoms with van der Waals surface area (Å²) in [7, 11) is 1.60. The van der Waals surface area contributed by atoms with Crippen LogP contribution in [0.5, 0.6) is 11.5 Å². The van der Waals surface area contributed by atoms with Gasteiger partial charge < -0.3 is 19.4 Å². The van der Waals surface area contributed by atoms with E-state index in [1.807, 2.05) is 36.6 Å². The molecule has 0 spiro atoms. The number of ether oxygens (including phenoxy) is 2. The van der Waals surface area contributed by atoms with Gasteiger partial charge in [0, 0.05) is 11.6 Å². The molecule has 2 aromatic carbocycles. The van der Waals surface area contributed by atoms with E-state index < -0.39 is 0 Å². The van der Waals surface area contributed by atoms with Crippen LogP contribution in [-0.2, 0) is 17.9 Å². The number of methoxy groups -OCH3 is 1. The third kappa shape index (κ3) is 6.01. The van der Waals surface area contributed by atoms with E-state index in [9.17, 15) is 4.79 Å². The number of hydrogen-bond donors (Lipinski definition) is 1. The summed E-state index contributed by atoms with van der Waals surface area (Å²) in [5.41, 5.74) is 1.39. The highest BCUT2D eigenvalue weighted by Gasteiger charge is 2.16. The molecular weight excluding hydrogens is 495 g/mol. The molecule has 0 fully saturated rings. The molecule has 0 saturated heterocycles. The van der Waals surface area contributed by atoms with Gasteiger partial charge in [-0.25, -0.2) is 0 Å². The zero-order chi connectivity index (χ0) is 23.3. The SMILES string of the molecule is CCn1c(COc2ccc(C)cc2OC)nnc1SCC(=O)Nc1c(Cl)cc(Cl)cc1Cl. The number of nitrogens with zero attached hydrogens (tertiary/aromatic N) is 3. The van der Waals surface area contributed by atoms with Crippen molar-refractivity contribution in [2.75, 3.05) is 18.2 Å². The van der Waals surface area contributed by atoms with E-state index >= 15 is 0 Å². The number of amides is 1. The summed E-state index contributed by atoms with van der Waals surface area (Å²) < 4.78 is 13.1. The molecule has 1 aromatic heterocycles. The monoisotopic (exact) mass is 514 g/mol. The smallest absolute Gasteiger partial charge is 0.234 e. The van der Waals surface area contributed by atoms with Gasteiger partial charge in [0.05, 0.1) is 28.6 Å². The summed E-state index contributed by atoms with van der Waals surface area (Å²) in [6.45, 7) is 4.78. The van der Waals surface area contributed by atoms with E-state index in [-0.39, 0.29) is 28.3 Å². The van der Waals surface area contributed by atoms with Crippen molar-refractivity contribution in [1.29, 1.82) is 0 Å². The van der Waals surface area contributed by atoms with Gasteiger partial charge in [-0.1, -0.05) is 52.6 Å². The number of nitrogens with one attached hydrogen (secondary N) is 1. The van der Waals surface area contributed by atoms with Crippen molar-refractivity contribution in [3.63, 3.8) is 0 Å². The van der Waals surface area contributed by atoms with Gasteiger partial charge in [-0.15, -0.1) is 10.2 Å². The van der Waals surface area contributed by atoms with Crippen molar-refractivity contribution >= 4 is 58.2 Å². The minimum absolute atomic E-state index is 0.0973. The molecule has 0 bridgehead atoms. The Balaban J connectivity index is 1.63. The Bertz CT molecular complexity index is 1100. The van der Waals surface area contributed by atoms with Crippen LogP contribution in [0.25, 0.3) is 0 Å². The van der Waals surface area contributed by atoms with E-state index in [4.69, 9.17) is 44.3 Å². The van der Waals surface area contributed by atoms with Crippen LogP contribution in [0.2, 0.25) is 15.1 Å². The van der Waals surface area contributed by atoms with Crippen molar-refractivity contribution in [1.82, 2.24) is 14.8 Å². The van der Waals surface area contributed by atoms with Crippen LogP contribution < -0.4 is 14.8 Å². The number of rotatable bonds is 9. The van der Waals surface area contributed by atoms with Crippen molar-refractivity contribution < 1.29 is 14.3 Å². The Morgan fingerprint density at radius 3 is 2.50 bits per heavy atom. The quantitative estimate of drug-likeness (QED) is 0.358. The maximum Gasteiger partial charge on any atom is 0.234 e. The third-order valence-electron chi connectivity index (χ3n) is 4.39. The molecule has 0 aliphatic rings. The lowest BCUT2D eigenvalue weighted by Gasteiger charge is -2.12. The number of anilines is 1. The van der Waals surface area contributed by atoms with E-state index in [2.05, 4.69) is 15.5 Å². The van der Waals surface area contributed by atoms with Gasteiger partial charge in [-0.3, -0.25) is 4.79 Å². The Morgan fingerprint density at radius 1 is 1.12 bits per heavy atom. The molecule has 1 heterocycles. The minimum Gasteiger partial charge on any atom is -0.493 e. The number of aryl methyl sites for hydroxylation is 1. The van der Waals surface area contributed by atoms with Crippen LogP contribution in [0.3, 0.4) is 0 Å². The third-order valence-corrected chi connectivity index (χ3v) is 6.17. The largest absolute Gasteiger partial charge is 0.493 e. The normalized spacial score (nSPS) is 10.8. The van der Waals surface area contributed by atoms with Gasteiger partial charge in [0.2, 0.25) is 5.91 Å². The zero-order valence-corrected chi connectivity index (χ0v) is 20.7. The Morgan fingerprint density at radius 2 is 1.84 bits per heavy atom. The number of halogens is 3. The first-order chi connectivity index (χ1) is 15.3. The summed E-state index contributed by atoms with van der Waals surface area (Å²) in [5, 5.41) is 12.6. The highest BCUT2D eigenvalue weighted by atomic mass is 35.5. The molecule has 170 valence electrons. The lowest BCUT2D eigenvalue weighted by molar-refractivity contribution is -0.113. The van der Waals surface area contributed by atoms with Crippen LogP contribution in [0, 0.1) is 6.92 Å². The number of aromatic nitrogens is 3. The number of hydrogen-bond acceptors (Lipinski definition) is 6. The summed E-state index contributed by atoms with van der Waals surface area (Å²) in [4.78, 5) is 12.4. The van der Waals surface area contributed by atoms with Gasteiger partial charge >= 0.3 is 0 Å². The fraction of sp³-hybridized carbons (Fsp3) is 0.286. The predicted octanol–water partition coefficient (Wildman–Crippen LogP) is 5.89. The van der Waals surface area contributed by atoms with E-state index in [1.165, 1.54) is 23.9 Å². The molecule has 11 heteroatoms. The molecule has 3 aromatic rings. The summed E-state index contributed by atoms with van der Waals surface area (Å²) >= 11 is 19.4. The van der Waals surface area contributed by atoms with Crippen molar-refractivity contribution in [2.24, 2.45) is 0 Å². The molecule has 0 radical (unpaired) electrons. The second kappa shape index (κ2) is 11.1. The lowest BCUT2D eigenvalue weighted by atomic mass is 10.2. The standard InChI is InChI=1S/C21H21Cl3N4O3S/c1-4-28-18(10-31-16-6-5-12(2)7-17(16)30-3)26-27-21(28)32-11-19(29)25-20-14(23)8-13(22)9-15(20)24/h5-9H,4,10-11H2,1-3H3,(H,25,29). The fourth-order valence-corrected chi connectivity index (χ4v) is 4.59. The number of carbonyl (C=O) groups is 1. The summed E-state index contributed by atoms with van der Waals surface area (Å²) in [6, 6.07) is 8.73. The molecule has 0 atom stereocenters. The lowest BCUT2D eigenvalue weighted by Crippen LogP contribution is -2.15. The first-order valence-electron chi connectivity index (χ1n) is 9.59. The molecule has 0 unspecified atom stereocenters. The molecule has 0 aliphatic heterocycles. The fourth-order valence-electron chi connectivity index (χ4n) is 2.85. The van der Waals surface area contributed by atoms with E-state index in [1.54, 1.807) is 7.11 Å². The maximum absolute atomic E-state index is 12.4. The predicted molar refractivity (Wildman–Crippen MR) is 129 cm³/mol. The molecular formula is C21H21Cl3N4O3S. The average molecular weight is 516 g/mol. The van der Waals surface area contributed by atoms with Gasteiger partial charge in [0.25, 0.3) is 0 Å². The average Bonchev–Trinajstić information content (AvgIpc) is 3.15. The maximum atomic E-state index is 12.4. The highest BCUT2D eigenvalue weighted by Crippen LogP contribution is 2.34. The second-order valence-corrected chi connectivity index (χ2v) is 8.86. The number of carbonyl (C=O) groups excluding carboxylic acids is 1. The van der Waals surface area contributed by atoms with Gasteiger partial charge in [-0.05, 0) is 43.7 Å². The molecule has 1 N–H and O–H groups in total. The van der Waals surface area contributed by atoms with Gasteiger partial charge in [0.15, 0.2) is 22.5 Å². The van der Waals surface area contributed by atoms with Crippen molar-refractivity contribution in [3.05, 3.63) is 56.8 Å². The summed E-state index contributed by atoms with van der Waals surface area (Å²) in [6.07, 6.45) is 0. The van der Waals surface area contributed by atoms with Crippen LogP contribution in [-0.4, -0.2) is 33.5 Å². The van der Waals surface area contributed by atoms with Gasteiger partial charge in [0.1, 0.15) is 6.61 Å². The molecule has 32 heavy (non-hydrogen) atoms. The van der Waals surface area contributed by atoms with E-state index in [0.29, 0.717) is 39.7 Å². The van der Waals surface area contributed by atoms with Crippen molar-refractivity contribution in [3.8, 4) is 11.5 Å². The summed E-state index contributed by atoms with van der Waals surface area (Å²) in [5.74, 6) is 1.73. The number of thioether (sulfide) groups is 1. The Hall–Kier alpha value is -2.13. The molecule has 3 rings (SSSR count). The van der Waals surface area contributed by atoms with Crippen LogP contribution in [0.4, 0.5) is 5.69 Å². The van der Waals surface area contributed by atoms with Crippen LogP contribution >= 0.6 is 46.6 Å². The minimum atomic E-state index is -0.283. The first-order valence-corrected chi connectivity index (χ1v) is 11.7. The van der Waals surface area contributed by atoms with Crippen LogP contribution in [0.1, 0.15) is 18.3 Å². The van der Waals surface area contributed by atoms with Crippen molar-refractivity contribution in [2.45, 2.75) is 32.2 Å². The zero-order valence-electron chi connectivity index (χ0n) is 17.6. The molecule has 0 saturated carbocycles. The molecule has 1 amide bonds. The molecule has 7 nitrogen and oxygen atoms in total. The Kier molecular flexibility index (Phi) is 8.53. The first kappa shape index (κ1) is 24.5. The second-order valence-electron chi connectivity index (χ2n) is 6.67. The van der Waals surface area contributed by atoms with Gasteiger partial charge in [-0.2, -0.15) is 0 Å². The number of benzene rings is 2.